The zero-order valence-electron chi connectivity index (χ0n) is 10.7. The Morgan fingerprint density at radius 1 is 1.30 bits per heavy atom. The topological polar surface area (TPSA) is 67.1 Å². The molecule has 4 nitrogen and oxygen atoms in total. The highest BCUT2D eigenvalue weighted by molar-refractivity contribution is 5.89. The van der Waals surface area contributed by atoms with E-state index in [-0.39, 0.29) is 6.04 Å². The molecule has 110 valence electrons. The molecule has 0 bridgehead atoms. The summed E-state index contributed by atoms with van der Waals surface area (Å²) in [7, 11) is 0. The molecule has 2 amide bonds. The van der Waals surface area contributed by atoms with Crippen LogP contribution in [0.15, 0.2) is 24.3 Å². The maximum Gasteiger partial charge on any atom is 0.416 e. The highest BCUT2D eigenvalue weighted by Gasteiger charge is 2.30. The van der Waals surface area contributed by atoms with Gasteiger partial charge in [0.15, 0.2) is 0 Å². The molecule has 1 fully saturated rings. The first-order valence-corrected chi connectivity index (χ1v) is 6.34. The quantitative estimate of drug-likeness (QED) is 0.796. The van der Waals surface area contributed by atoms with Gasteiger partial charge < -0.3 is 16.4 Å². The molecule has 1 aliphatic rings. The third-order valence-corrected chi connectivity index (χ3v) is 3.20. The number of halogens is 3. The third kappa shape index (κ3) is 4.12. The Morgan fingerprint density at radius 2 is 1.90 bits per heavy atom. The van der Waals surface area contributed by atoms with Crippen molar-refractivity contribution in [2.45, 2.75) is 25.1 Å². The first kappa shape index (κ1) is 14.6. The highest BCUT2D eigenvalue weighted by Crippen LogP contribution is 2.31. The van der Waals surface area contributed by atoms with Gasteiger partial charge in [-0.15, -0.1) is 0 Å². The van der Waals surface area contributed by atoms with Crippen molar-refractivity contribution in [2.75, 3.05) is 11.9 Å². The van der Waals surface area contributed by atoms with E-state index in [0.717, 1.165) is 25.0 Å². The number of anilines is 1. The number of carbonyl (C=O) groups excluding carboxylic acids is 1. The molecule has 1 atom stereocenters. The molecule has 7 heteroatoms. The second-order valence-corrected chi connectivity index (χ2v) is 4.91. The molecule has 2 rings (SSSR count). The molecule has 1 saturated carbocycles. The Bertz CT molecular complexity index is 469. The van der Waals surface area contributed by atoms with Gasteiger partial charge in [-0.25, -0.2) is 4.79 Å². The Balaban J connectivity index is 1.81. The summed E-state index contributed by atoms with van der Waals surface area (Å²) in [6, 6.07) is 3.73. The first-order chi connectivity index (χ1) is 9.36. The number of nitrogens with two attached hydrogens (primary N) is 1. The highest BCUT2D eigenvalue weighted by atomic mass is 19.4. The summed E-state index contributed by atoms with van der Waals surface area (Å²) in [5.41, 5.74) is 5.37. The van der Waals surface area contributed by atoms with Gasteiger partial charge >= 0.3 is 12.2 Å². The lowest BCUT2D eigenvalue weighted by Gasteiger charge is -2.13. The molecule has 1 unspecified atom stereocenters. The predicted octanol–water partition coefficient (Wildman–Crippen LogP) is 2.56. The van der Waals surface area contributed by atoms with E-state index in [1.807, 2.05) is 0 Å². The van der Waals surface area contributed by atoms with Gasteiger partial charge in [-0.05, 0) is 43.0 Å². The van der Waals surface area contributed by atoms with Gasteiger partial charge in [0.25, 0.3) is 0 Å². The van der Waals surface area contributed by atoms with Crippen LogP contribution in [0.4, 0.5) is 23.7 Å². The minimum atomic E-state index is -4.38. The van der Waals surface area contributed by atoms with E-state index < -0.39 is 17.8 Å². The molecule has 0 saturated heterocycles. The fraction of sp³-hybridized carbons (Fsp3) is 0.462. The number of hydrogen-bond acceptors (Lipinski definition) is 2. The van der Waals surface area contributed by atoms with Gasteiger partial charge in [-0.3, -0.25) is 0 Å². The Labute approximate surface area is 114 Å². The maximum atomic E-state index is 12.4. The van der Waals surface area contributed by atoms with E-state index in [9.17, 15) is 18.0 Å². The van der Waals surface area contributed by atoms with Crippen LogP contribution in [0.5, 0.6) is 0 Å². The van der Waals surface area contributed by atoms with Crippen molar-refractivity contribution in [3.63, 3.8) is 0 Å². The Hall–Kier alpha value is -1.76. The van der Waals surface area contributed by atoms with Crippen LogP contribution in [0, 0.1) is 5.92 Å². The third-order valence-electron chi connectivity index (χ3n) is 3.20. The number of benzene rings is 1. The van der Waals surface area contributed by atoms with Crippen LogP contribution in [0.3, 0.4) is 0 Å². The second kappa shape index (κ2) is 5.70. The SMILES string of the molecule is NC(CNC(=O)Nc1ccc(C(F)(F)F)cc1)C1CC1. The van der Waals surface area contributed by atoms with Crippen LogP contribution < -0.4 is 16.4 Å². The average molecular weight is 287 g/mol. The fourth-order valence-electron chi connectivity index (χ4n) is 1.82. The van der Waals surface area contributed by atoms with E-state index in [2.05, 4.69) is 10.6 Å². The normalized spacial score (nSPS) is 16.6. The summed E-state index contributed by atoms with van der Waals surface area (Å²) in [5.74, 6) is 0.473. The number of nitrogens with one attached hydrogen (secondary N) is 2. The molecule has 20 heavy (non-hydrogen) atoms. The maximum absolute atomic E-state index is 12.4. The van der Waals surface area contributed by atoms with Gasteiger partial charge in [0.05, 0.1) is 5.56 Å². The monoisotopic (exact) mass is 287 g/mol. The Kier molecular flexibility index (Phi) is 4.17. The minimum Gasteiger partial charge on any atom is -0.336 e. The Morgan fingerprint density at radius 3 is 2.40 bits per heavy atom. The number of amides is 2. The van der Waals surface area contributed by atoms with Crippen molar-refractivity contribution in [1.29, 1.82) is 0 Å². The largest absolute Gasteiger partial charge is 0.416 e. The molecule has 4 N–H and O–H groups in total. The number of rotatable bonds is 4. The molecule has 0 aromatic heterocycles. The van der Waals surface area contributed by atoms with Gasteiger partial charge in [-0.1, -0.05) is 0 Å². The van der Waals surface area contributed by atoms with E-state index in [0.29, 0.717) is 18.2 Å². The molecular weight excluding hydrogens is 271 g/mol. The van der Waals surface area contributed by atoms with E-state index in [4.69, 9.17) is 5.73 Å². The first-order valence-electron chi connectivity index (χ1n) is 6.34. The number of carbonyl (C=O) groups is 1. The van der Waals surface area contributed by atoms with Gasteiger partial charge in [0.1, 0.15) is 0 Å². The van der Waals surface area contributed by atoms with Crippen molar-refractivity contribution in [2.24, 2.45) is 11.7 Å². The molecule has 1 aromatic carbocycles. The van der Waals surface area contributed by atoms with Crippen molar-refractivity contribution < 1.29 is 18.0 Å². The number of alkyl halides is 3. The second-order valence-electron chi connectivity index (χ2n) is 4.91. The van der Waals surface area contributed by atoms with Crippen molar-refractivity contribution in [3.8, 4) is 0 Å². The minimum absolute atomic E-state index is 0.0617. The average Bonchev–Trinajstić information content (AvgIpc) is 3.20. The van der Waals surface area contributed by atoms with E-state index >= 15 is 0 Å². The molecular formula is C13H16F3N3O. The fourth-order valence-corrected chi connectivity index (χ4v) is 1.82. The summed E-state index contributed by atoms with van der Waals surface area (Å²) in [6.45, 7) is 0.358. The lowest BCUT2D eigenvalue weighted by atomic mass is 10.2. The summed E-state index contributed by atoms with van der Waals surface area (Å²) in [6.07, 6.45) is -2.20. The standard InChI is InChI=1S/C13H16F3N3O/c14-13(15,16)9-3-5-10(6-4-9)19-12(20)18-7-11(17)8-1-2-8/h3-6,8,11H,1-2,7,17H2,(H2,18,19,20). The van der Waals surface area contributed by atoms with Crippen molar-refractivity contribution in [3.05, 3.63) is 29.8 Å². The smallest absolute Gasteiger partial charge is 0.336 e. The molecule has 0 aliphatic heterocycles. The van der Waals surface area contributed by atoms with Crippen molar-refractivity contribution >= 4 is 11.7 Å². The molecule has 0 spiro atoms. The number of hydrogen-bond donors (Lipinski definition) is 3. The van der Waals surface area contributed by atoms with Gasteiger partial charge in [-0.2, -0.15) is 13.2 Å². The predicted molar refractivity (Wildman–Crippen MR) is 69.2 cm³/mol. The number of urea groups is 1. The summed E-state index contributed by atoms with van der Waals surface area (Å²) in [4.78, 5) is 11.5. The zero-order chi connectivity index (χ0) is 14.8. The van der Waals surface area contributed by atoms with Gasteiger partial charge in [0, 0.05) is 18.3 Å². The van der Waals surface area contributed by atoms with Crippen LogP contribution in [0.1, 0.15) is 18.4 Å². The molecule has 0 radical (unpaired) electrons. The zero-order valence-corrected chi connectivity index (χ0v) is 10.7. The molecule has 1 aliphatic carbocycles. The summed E-state index contributed by atoms with van der Waals surface area (Å²) in [5, 5.41) is 5.06. The van der Waals surface area contributed by atoms with Crippen LogP contribution in [-0.2, 0) is 6.18 Å². The van der Waals surface area contributed by atoms with Crippen LogP contribution in [-0.4, -0.2) is 18.6 Å². The summed E-state index contributed by atoms with van der Waals surface area (Å²) < 4.78 is 37.1. The van der Waals surface area contributed by atoms with E-state index in [1.54, 1.807) is 0 Å². The van der Waals surface area contributed by atoms with Crippen LogP contribution >= 0.6 is 0 Å². The van der Waals surface area contributed by atoms with Crippen LogP contribution in [0.25, 0.3) is 0 Å². The lowest BCUT2D eigenvalue weighted by Crippen LogP contribution is -2.40. The molecule has 1 aromatic rings. The van der Waals surface area contributed by atoms with Crippen LogP contribution in [0.2, 0.25) is 0 Å². The van der Waals surface area contributed by atoms with E-state index in [1.165, 1.54) is 12.1 Å². The van der Waals surface area contributed by atoms with Crippen molar-refractivity contribution in [1.82, 2.24) is 5.32 Å². The lowest BCUT2D eigenvalue weighted by molar-refractivity contribution is -0.137. The molecule has 0 heterocycles. The summed E-state index contributed by atoms with van der Waals surface area (Å²) >= 11 is 0. The van der Waals surface area contributed by atoms with Gasteiger partial charge in [0.2, 0.25) is 0 Å².